The van der Waals surface area contributed by atoms with Gasteiger partial charge < -0.3 is 19.5 Å². The second-order valence-electron chi connectivity index (χ2n) is 10.3. The smallest absolute Gasteiger partial charge is 0.305 e. The molecule has 8 heteroatoms. The molecule has 2 aliphatic rings. The van der Waals surface area contributed by atoms with Gasteiger partial charge in [0, 0.05) is 37.9 Å². The summed E-state index contributed by atoms with van der Waals surface area (Å²) in [5.41, 5.74) is 4.44. The number of carboxylic acid groups (broad SMARTS) is 1. The molecule has 39 heavy (non-hydrogen) atoms. The second kappa shape index (κ2) is 11.4. The SMILES string of the molecule is COc1ccc(F)c(N2CCC(Oc3ccc(N4N=C(c5ccc(C)cc5)C(C)C4CC(=O)O)cc3)CC2)c1. The van der Waals surface area contributed by atoms with Crippen molar-refractivity contribution in [2.45, 2.75) is 45.3 Å². The van der Waals surface area contributed by atoms with Crippen LogP contribution in [0.15, 0.2) is 71.8 Å². The molecule has 0 saturated carbocycles. The minimum Gasteiger partial charge on any atom is -0.497 e. The summed E-state index contributed by atoms with van der Waals surface area (Å²) < 4.78 is 25.9. The highest BCUT2D eigenvalue weighted by atomic mass is 19.1. The Labute approximate surface area is 228 Å². The van der Waals surface area contributed by atoms with Crippen LogP contribution < -0.4 is 19.4 Å². The van der Waals surface area contributed by atoms with Gasteiger partial charge in [0.15, 0.2) is 0 Å². The zero-order valence-electron chi connectivity index (χ0n) is 22.5. The molecule has 0 bridgehead atoms. The number of carbonyl (C=O) groups is 1. The number of rotatable bonds is 8. The van der Waals surface area contributed by atoms with E-state index in [2.05, 4.69) is 0 Å². The van der Waals surface area contributed by atoms with Gasteiger partial charge in [0.1, 0.15) is 23.4 Å². The molecule has 3 aromatic rings. The van der Waals surface area contributed by atoms with Gasteiger partial charge in [-0.2, -0.15) is 5.10 Å². The number of aliphatic carboxylic acids is 1. The van der Waals surface area contributed by atoms with E-state index in [0.29, 0.717) is 24.5 Å². The maximum atomic E-state index is 14.4. The van der Waals surface area contributed by atoms with Gasteiger partial charge in [0.05, 0.1) is 36.7 Å². The van der Waals surface area contributed by atoms with Gasteiger partial charge in [-0.25, -0.2) is 4.39 Å². The number of aryl methyl sites for hydroxylation is 1. The molecule has 5 rings (SSSR count). The van der Waals surface area contributed by atoms with Gasteiger partial charge in [0.2, 0.25) is 0 Å². The highest BCUT2D eigenvalue weighted by Crippen LogP contribution is 2.34. The van der Waals surface area contributed by atoms with Crippen molar-refractivity contribution in [2.75, 3.05) is 30.1 Å². The Bertz CT molecular complexity index is 1330. The summed E-state index contributed by atoms with van der Waals surface area (Å²) in [4.78, 5) is 13.7. The van der Waals surface area contributed by atoms with Gasteiger partial charge >= 0.3 is 5.97 Å². The summed E-state index contributed by atoms with van der Waals surface area (Å²) in [7, 11) is 1.58. The van der Waals surface area contributed by atoms with Gasteiger partial charge in [-0.05, 0) is 48.9 Å². The van der Waals surface area contributed by atoms with Gasteiger partial charge in [-0.1, -0.05) is 36.8 Å². The standard InChI is InChI=1S/C31H34FN3O4/c1-20-4-6-22(7-5-20)31-21(2)28(19-30(36)37)35(33-31)23-8-10-24(11-9-23)39-25-14-16-34(17-15-25)29-18-26(38-3)12-13-27(29)32/h4-13,18,21,25,28H,14-17,19H2,1-3H3,(H,36,37). The Morgan fingerprint density at radius 2 is 1.69 bits per heavy atom. The topological polar surface area (TPSA) is 74.6 Å². The Balaban J connectivity index is 1.26. The van der Waals surface area contributed by atoms with Crippen molar-refractivity contribution in [3.05, 3.63) is 83.7 Å². The number of carboxylic acids is 1. The summed E-state index contributed by atoms with van der Waals surface area (Å²) >= 11 is 0. The molecule has 3 aromatic carbocycles. The average molecular weight is 532 g/mol. The quantitative estimate of drug-likeness (QED) is 0.391. The fourth-order valence-electron chi connectivity index (χ4n) is 5.36. The minimum absolute atomic E-state index is 0.00919. The number of methoxy groups -OCH3 is 1. The van der Waals surface area contributed by atoms with Crippen LogP contribution in [0.2, 0.25) is 0 Å². The molecule has 2 atom stereocenters. The number of nitrogens with zero attached hydrogens (tertiary/aromatic N) is 3. The van der Waals surface area contributed by atoms with Gasteiger partial charge in [-0.3, -0.25) is 9.80 Å². The lowest BCUT2D eigenvalue weighted by Gasteiger charge is -2.34. The number of hydrogen-bond donors (Lipinski definition) is 1. The average Bonchev–Trinajstić information content (AvgIpc) is 3.25. The molecule has 204 valence electrons. The van der Waals surface area contributed by atoms with Crippen LogP contribution in [0.3, 0.4) is 0 Å². The second-order valence-corrected chi connectivity index (χ2v) is 10.3. The third-order valence-corrected chi connectivity index (χ3v) is 7.61. The van der Waals surface area contributed by atoms with E-state index in [1.807, 2.05) is 72.3 Å². The number of ether oxygens (including phenoxy) is 2. The monoisotopic (exact) mass is 531 g/mol. The van der Waals surface area contributed by atoms with E-state index in [1.165, 1.54) is 6.07 Å². The molecule has 0 amide bonds. The van der Waals surface area contributed by atoms with Crippen molar-refractivity contribution < 1.29 is 23.8 Å². The van der Waals surface area contributed by atoms with Crippen molar-refractivity contribution in [3.8, 4) is 11.5 Å². The molecule has 1 fully saturated rings. The fraction of sp³-hybridized carbons (Fsp3) is 0.355. The van der Waals surface area contributed by atoms with E-state index < -0.39 is 5.97 Å². The van der Waals surface area contributed by atoms with Crippen LogP contribution in [0.4, 0.5) is 15.8 Å². The van der Waals surface area contributed by atoms with Crippen LogP contribution in [0.5, 0.6) is 11.5 Å². The molecule has 2 unspecified atom stereocenters. The number of hydrogen-bond acceptors (Lipinski definition) is 6. The maximum Gasteiger partial charge on any atom is 0.305 e. The number of piperidine rings is 1. The van der Waals surface area contributed by atoms with Crippen molar-refractivity contribution in [2.24, 2.45) is 11.0 Å². The van der Waals surface area contributed by atoms with E-state index in [0.717, 1.165) is 41.1 Å². The fourth-order valence-corrected chi connectivity index (χ4v) is 5.36. The molecule has 0 radical (unpaired) electrons. The predicted molar refractivity (Wildman–Crippen MR) is 151 cm³/mol. The Hall–Kier alpha value is -4.07. The van der Waals surface area contributed by atoms with Crippen molar-refractivity contribution in [1.82, 2.24) is 0 Å². The minimum atomic E-state index is -0.850. The Kier molecular flexibility index (Phi) is 7.72. The van der Waals surface area contributed by atoms with E-state index >= 15 is 0 Å². The third-order valence-electron chi connectivity index (χ3n) is 7.61. The first-order valence-corrected chi connectivity index (χ1v) is 13.3. The van der Waals surface area contributed by atoms with E-state index in [9.17, 15) is 14.3 Å². The molecular weight excluding hydrogens is 497 g/mol. The Morgan fingerprint density at radius 1 is 1.03 bits per heavy atom. The highest BCUT2D eigenvalue weighted by molar-refractivity contribution is 6.05. The predicted octanol–water partition coefficient (Wildman–Crippen LogP) is 5.89. The van der Waals surface area contributed by atoms with Crippen LogP contribution in [0.25, 0.3) is 0 Å². The van der Waals surface area contributed by atoms with Crippen LogP contribution in [-0.4, -0.2) is 49.1 Å². The third kappa shape index (κ3) is 5.85. The van der Waals surface area contributed by atoms with Crippen LogP contribution in [-0.2, 0) is 4.79 Å². The van der Waals surface area contributed by atoms with Gasteiger partial charge in [-0.15, -0.1) is 0 Å². The molecule has 7 nitrogen and oxygen atoms in total. The van der Waals surface area contributed by atoms with Crippen LogP contribution >= 0.6 is 0 Å². The van der Waals surface area contributed by atoms with Gasteiger partial charge in [0.25, 0.3) is 0 Å². The zero-order valence-corrected chi connectivity index (χ0v) is 22.5. The molecule has 0 aliphatic carbocycles. The lowest BCUT2D eigenvalue weighted by Crippen LogP contribution is -2.38. The molecule has 0 spiro atoms. The summed E-state index contributed by atoms with van der Waals surface area (Å²) in [6, 6.07) is 20.4. The van der Waals surface area contributed by atoms with Crippen molar-refractivity contribution in [3.63, 3.8) is 0 Å². The van der Waals surface area contributed by atoms with Crippen molar-refractivity contribution in [1.29, 1.82) is 0 Å². The first-order chi connectivity index (χ1) is 18.8. The summed E-state index contributed by atoms with van der Waals surface area (Å²) in [5.74, 6) is 0.237. The Morgan fingerprint density at radius 3 is 2.33 bits per heavy atom. The molecule has 2 heterocycles. The normalized spacial score (nSPS) is 19.6. The van der Waals surface area contributed by atoms with Crippen molar-refractivity contribution >= 4 is 23.1 Å². The molecular formula is C31H34FN3O4. The van der Waals surface area contributed by atoms with E-state index in [4.69, 9.17) is 14.6 Å². The number of halogens is 1. The first kappa shape index (κ1) is 26.5. The molecule has 0 aromatic heterocycles. The summed E-state index contributed by atoms with van der Waals surface area (Å²) in [5, 5.41) is 16.3. The number of anilines is 2. The summed E-state index contributed by atoms with van der Waals surface area (Å²) in [6.45, 7) is 5.45. The summed E-state index contributed by atoms with van der Waals surface area (Å²) in [6.07, 6.45) is 1.56. The highest BCUT2D eigenvalue weighted by Gasteiger charge is 2.37. The zero-order chi connectivity index (χ0) is 27.5. The molecule has 2 aliphatic heterocycles. The van der Waals surface area contributed by atoms with Crippen LogP contribution in [0, 0.1) is 18.7 Å². The molecule has 1 N–H and O–H groups in total. The maximum absolute atomic E-state index is 14.4. The number of hydrazone groups is 1. The van der Waals surface area contributed by atoms with E-state index in [-0.39, 0.29) is 30.3 Å². The van der Waals surface area contributed by atoms with Crippen LogP contribution in [0.1, 0.15) is 37.3 Å². The first-order valence-electron chi connectivity index (χ1n) is 13.3. The lowest BCUT2D eigenvalue weighted by molar-refractivity contribution is -0.137. The number of benzene rings is 3. The lowest BCUT2D eigenvalue weighted by atomic mass is 9.90. The van der Waals surface area contributed by atoms with E-state index in [1.54, 1.807) is 19.2 Å². The molecule has 1 saturated heterocycles. The largest absolute Gasteiger partial charge is 0.497 e.